The van der Waals surface area contributed by atoms with Gasteiger partial charge >= 0.3 is 0 Å². The van der Waals surface area contributed by atoms with Gasteiger partial charge < -0.3 is 4.74 Å². The first-order valence-electron chi connectivity index (χ1n) is 5.30. The first-order valence-corrected chi connectivity index (χ1v) is 5.30. The van der Waals surface area contributed by atoms with Crippen molar-refractivity contribution in [3.8, 4) is 17.1 Å². The van der Waals surface area contributed by atoms with E-state index in [0.717, 1.165) is 23.6 Å². The Morgan fingerprint density at radius 3 is 2.44 bits per heavy atom. The summed E-state index contributed by atoms with van der Waals surface area (Å²) in [6, 6.07) is 7.77. The zero-order valence-corrected chi connectivity index (χ0v) is 9.47. The van der Waals surface area contributed by atoms with E-state index in [1.165, 1.54) is 5.56 Å². The second kappa shape index (κ2) is 4.75. The summed E-state index contributed by atoms with van der Waals surface area (Å²) in [5.74, 6) is 0.760. The highest BCUT2D eigenvalue weighted by atomic mass is 16.5. The minimum atomic E-state index is 0.760. The lowest BCUT2D eigenvalue weighted by Crippen LogP contribution is -1.96. The number of rotatable bonds is 3. The van der Waals surface area contributed by atoms with Gasteiger partial charge in [-0.15, -0.1) is 0 Å². The molecule has 82 valence electrons. The van der Waals surface area contributed by atoms with E-state index in [1.807, 2.05) is 18.2 Å². The summed E-state index contributed by atoms with van der Waals surface area (Å²) in [6.45, 7) is 2.11. The molecule has 2 heterocycles. The Hall–Kier alpha value is -1.90. The van der Waals surface area contributed by atoms with Crippen molar-refractivity contribution >= 4 is 0 Å². The predicted octanol–water partition coefficient (Wildman–Crippen LogP) is 2.71. The number of aryl methyl sites for hydroxylation is 1. The van der Waals surface area contributed by atoms with E-state index >= 15 is 0 Å². The van der Waals surface area contributed by atoms with Crippen molar-refractivity contribution in [1.82, 2.24) is 9.97 Å². The first-order chi connectivity index (χ1) is 7.86. The van der Waals surface area contributed by atoms with Gasteiger partial charge in [0.25, 0.3) is 0 Å². The number of hydrogen-bond donors (Lipinski definition) is 0. The lowest BCUT2D eigenvalue weighted by Gasteiger charge is -2.09. The van der Waals surface area contributed by atoms with Crippen LogP contribution in [0.3, 0.4) is 0 Å². The molecule has 0 saturated heterocycles. The van der Waals surface area contributed by atoms with Crippen molar-refractivity contribution in [2.75, 3.05) is 7.11 Å². The summed E-state index contributed by atoms with van der Waals surface area (Å²) in [4.78, 5) is 8.73. The van der Waals surface area contributed by atoms with Crippen molar-refractivity contribution in [3.63, 3.8) is 0 Å². The molecule has 3 heteroatoms. The lowest BCUT2D eigenvalue weighted by molar-refractivity contribution is 0.414. The van der Waals surface area contributed by atoms with Gasteiger partial charge in [0.05, 0.1) is 12.8 Å². The summed E-state index contributed by atoms with van der Waals surface area (Å²) in [6.07, 6.45) is 4.47. The molecule has 0 saturated carbocycles. The van der Waals surface area contributed by atoms with Gasteiger partial charge in [-0.3, -0.25) is 9.97 Å². The van der Waals surface area contributed by atoms with Crippen LogP contribution in [0.5, 0.6) is 5.75 Å². The molecular weight excluding hydrogens is 200 g/mol. The Bertz CT molecular complexity index is 437. The first kappa shape index (κ1) is 10.6. The van der Waals surface area contributed by atoms with E-state index in [-0.39, 0.29) is 0 Å². The summed E-state index contributed by atoms with van der Waals surface area (Å²) in [5.41, 5.74) is 2.89. The summed E-state index contributed by atoms with van der Waals surface area (Å²) in [7, 11) is 1.65. The normalized spacial score (nSPS) is 10.1. The molecular formula is C13H14N2O. The second-order valence-corrected chi connectivity index (χ2v) is 3.42. The monoisotopic (exact) mass is 214 g/mol. The Kier molecular flexibility index (Phi) is 3.15. The van der Waals surface area contributed by atoms with Gasteiger partial charge in [-0.1, -0.05) is 13.0 Å². The lowest BCUT2D eigenvalue weighted by atomic mass is 10.1. The highest BCUT2D eigenvalue weighted by Gasteiger charge is 2.10. The molecule has 0 radical (unpaired) electrons. The van der Waals surface area contributed by atoms with Crippen LogP contribution in [0.2, 0.25) is 0 Å². The summed E-state index contributed by atoms with van der Waals surface area (Å²) < 4.78 is 5.30. The zero-order chi connectivity index (χ0) is 11.4. The molecule has 0 amide bonds. The van der Waals surface area contributed by atoms with Crippen LogP contribution >= 0.6 is 0 Å². The van der Waals surface area contributed by atoms with Gasteiger partial charge in [-0.25, -0.2) is 0 Å². The molecule has 0 aliphatic carbocycles. The van der Waals surface area contributed by atoms with Gasteiger partial charge in [0, 0.05) is 12.4 Å². The van der Waals surface area contributed by atoms with Crippen molar-refractivity contribution in [1.29, 1.82) is 0 Å². The minimum absolute atomic E-state index is 0.760. The second-order valence-electron chi connectivity index (χ2n) is 3.42. The molecule has 2 aromatic heterocycles. The van der Waals surface area contributed by atoms with E-state index in [4.69, 9.17) is 4.74 Å². The minimum Gasteiger partial charge on any atom is -0.494 e. The quantitative estimate of drug-likeness (QED) is 0.788. The third-order valence-corrected chi connectivity index (χ3v) is 2.49. The third kappa shape index (κ3) is 1.89. The third-order valence-electron chi connectivity index (χ3n) is 2.49. The molecule has 2 rings (SSSR count). The van der Waals surface area contributed by atoms with E-state index in [0.29, 0.717) is 0 Å². The largest absolute Gasteiger partial charge is 0.494 e. The predicted molar refractivity (Wildman–Crippen MR) is 63.4 cm³/mol. The topological polar surface area (TPSA) is 35.0 Å². The molecule has 0 unspecified atom stereocenters. The molecule has 0 aromatic carbocycles. The SMILES string of the molecule is CCc1cccnc1-c1ncccc1OC. The molecule has 0 spiro atoms. The molecule has 0 atom stereocenters. The highest BCUT2D eigenvalue weighted by Crippen LogP contribution is 2.28. The van der Waals surface area contributed by atoms with Crippen LogP contribution in [-0.4, -0.2) is 17.1 Å². The Balaban J connectivity index is 2.58. The smallest absolute Gasteiger partial charge is 0.146 e. The maximum absolute atomic E-state index is 5.30. The zero-order valence-electron chi connectivity index (χ0n) is 9.47. The number of nitrogens with zero attached hydrogens (tertiary/aromatic N) is 2. The Labute approximate surface area is 95.1 Å². The maximum atomic E-state index is 5.30. The van der Waals surface area contributed by atoms with Crippen molar-refractivity contribution in [2.24, 2.45) is 0 Å². The van der Waals surface area contributed by atoms with E-state index in [2.05, 4.69) is 23.0 Å². The molecule has 0 bridgehead atoms. The standard InChI is InChI=1S/C13H14N2O/c1-3-10-6-4-8-14-12(10)13-11(16-2)7-5-9-15-13/h4-9H,3H2,1-2H3. The molecule has 3 nitrogen and oxygen atoms in total. The van der Waals surface area contributed by atoms with Crippen LogP contribution in [0.4, 0.5) is 0 Å². The van der Waals surface area contributed by atoms with E-state index in [9.17, 15) is 0 Å². The van der Waals surface area contributed by atoms with E-state index in [1.54, 1.807) is 19.5 Å². The van der Waals surface area contributed by atoms with E-state index < -0.39 is 0 Å². The molecule has 0 aliphatic heterocycles. The van der Waals surface area contributed by atoms with Crippen LogP contribution in [0, 0.1) is 0 Å². The Morgan fingerprint density at radius 1 is 1.06 bits per heavy atom. The maximum Gasteiger partial charge on any atom is 0.146 e. The number of hydrogen-bond acceptors (Lipinski definition) is 3. The summed E-state index contributed by atoms with van der Waals surface area (Å²) in [5, 5.41) is 0. The van der Waals surface area contributed by atoms with Crippen molar-refractivity contribution in [2.45, 2.75) is 13.3 Å². The van der Waals surface area contributed by atoms with Crippen LogP contribution in [0.25, 0.3) is 11.4 Å². The fourth-order valence-corrected chi connectivity index (χ4v) is 1.67. The fourth-order valence-electron chi connectivity index (χ4n) is 1.67. The van der Waals surface area contributed by atoms with Crippen LogP contribution in [-0.2, 0) is 6.42 Å². The van der Waals surface area contributed by atoms with Gasteiger partial charge in [0.1, 0.15) is 11.4 Å². The van der Waals surface area contributed by atoms with Crippen LogP contribution in [0.1, 0.15) is 12.5 Å². The van der Waals surface area contributed by atoms with Crippen molar-refractivity contribution in [3.05, 3.63) is 42.2 Å². The molecule has 0 aliphatic rings. The highest BCUT2D eigenvalue weighted by molar-refractivity contribution is 5.65. The number of aromatic nitrogens is 2. The average Bonchev–Trinajstić information content (AvgIpc) is 2.38. The molecule has 0 fully saturated rings. The van der Waals surface area contributed by atoms with Crippen LogP contribution < -0.4 is 4.74 Å². The van der Waals surface area contributed by atoms with Gasteiger partial charge in [-0.2, -0.15) is 0 Å². The Morgan fingerprint density at radius 2 is 1.75 bits per heavy atom. The van der Waals surface area contributed by atoms with Crippen molar-refractivity contribution < 1.29 is 4.74 Å². The fraction of sp³-hybridized carbons (Fsp3) is 0.231. The average molecular weight is 214 g/mol. The summed E-state index contributed by atoms with van der Waals surface area (Å²) >= 11 is 0. The van der Waals surface area contributed by atoms with Gasteiger partial charge in [0.2, 0.25) is 0 Å². The van der Waals surface area contributed by atoms with Crippen LogP contribution in [0.15, 0.2) is 36.7 Å². The molecule has 16 heavy (non-hydrogen) atoms. The number of pyridine rings is 2. The number of ether oxygens (including phenoxy) is 1. The molecule has 0 N–H and O–H groups in total. The van der Waals surface area contributed by atoms with Gasteiger partial charge in [0.15, 0.2) is 0 Å². The van der Waals surface area contributed by atoms with Gasteiger partial charge in [-0.05, 0) is 30.2 Å². The molecule has 2 aromatic rings. The number of methoxy groups -OCH3 is 1.